The van der Waals surface area contributed by atoms with Crippen LogP contribution < -0.4 is 19.5 Å². The number of ether oxygens (including phenoxy) is 1. The molecule has 0 aliphatic carbocycles. The molecule has 182 valence electrons. The van der Waals surface area contributed by atoms with Crippen LogP contribution in [0.3, 0.4) is 0 Å². The summed E-state index contributed by atoms with van der Waals surface area (Å²) in [6, 6.07) is 15.9. The SMILES string of the molecule is COc1ccc(S(=O)(=O)Nc2ccc(Cl)cc2NS(=O)(=O)c2cc3ccccc3o2)cc1NC=O. The molecule has 10 nitrogen and oxygen atoms in total. The Balaban J connectivity index is 1.68. The Kier molecular flexibility index (Phi) is 6.61. The van der Waals surface area contributed by atoms with Crippen LogP contribution >= 0.6 is 11.6 Å². The van der Waals surface area contributed by atoms with Gasteiger partial charge >= 0.3 is 0 Å². The van der Waals surface area contributed by atoms with E-state index in [0.717, 1.165) is 0 Å². The molecule has 4 aromatic rings. The number of carbonyl (C=O) groups excluding carboxylic acids is 1. The van der Waals surface area contributed by atoms with E-state index in [1.165, 1.54) is 49.6 Å². The van der Waals surface area contributed by atoms with Crippen LogP contribution in [0.2, 0.25) is 5.02 Å². The summed E-state index contributed by atoms with van der Waals surface area (Å²) in [5.74, 6) is 0.252. The quantitative estimate of drug-likeness (QED) is 0.271. The normalized spacial score (nSPS) is 11.7. The van der Waals surface area contributed by atoms with Crippen molar-refractivity contribution in [2.24, 2.45) is 0 Å². The van der Waals surface area contributed by atoms with Crippen molar-refractivity contribution in [3.8, 4) is 5.75 Å². The summed E-state index contributed by atoms with van der Waals surface area (Å²) in [5.41, 5.74) is 0.294. The Bertz CT molecular complexity index is 1600. The monoisotopic (exact) mass is 535 g/mol. The third-order valence-electron chi connectivity index (χ3n) is 4.83. The van der Waals surface area contributed by atoms with Crippen LogP contribution in [0.1, 0.15) is 0 Å². The second kappa shape index (κ2) is 9.49. The molecule has 1 aromatic heterocycles. The summed E-state index contributed by atoms with van der Waals surface area (Å²) in [6.45, 7) is 0. The number of sulfonamides is 2. The Morgan fingerprint density at radius 3 is 2.31 bits per heavy atom. The number of nitrogens with one attached hydrogen (secondary N) is 3. The molecule has 3 N–H and O–H groups in total. The van der Waals surface area contributed by atoms with Gasteiger partial charge in [-0.2, -0.15) is 8.42 Å². The molecule has 0 fully saturated rings. The van der Waals surface area contributed by atoms with Crippen molar-refractivity contribution in [1.29, 1.82) is 0 Å². The van der Waals surface area contributed by atoms with E-state index < -0.39 is 20.0 Å². The smallest absolute Gasteiger partial charge is 0.295 e. The van der Waals surface area contributed by atoms with Gasteiger partial charge in [0, 0.05) is 16.5 Å². The summed E-state index contributed by atoms with van der Waals surface area (Å²) in [5, 5.41) is 2.76. The molecule has 4 rings (SSSR count). The largest absolute Gasteiger partial charge is 0.495 e. The van der Waals surface area contributed by atoms with Crippen LogP contribution in [-0.2, 0) is 24.8 Å². The van der Waals surface area contributed by atoms with E-state index in [0.29, 0.717) is 17.4 Å². The van der Waals surface area contributed by atoms with Gasteiger partial charge in [0.2, 0.25) is 11.5 Å². The molecule has 0 spiro atoms. The number of amides is 1. The topological polar surface area (TPSA) is 144 Å². The van der Waals surface area contributed by atoms with Crippen LogP contribution in [0.15, 0.2) is 81.1 Å². The number of anilines is 3. The lowest BCUT2D eigenvalue weighted by atomic mass is 10.3. The molecule has 0 aliphatic rings. The Morgan fingerprint density at radius 1 is 0.857 bits per heavy atom. The fraction of sp³-hybridized carbons (Fsp3) is 0.0455. The van der Waals surface area contributed by atoms with Gasteiger partial charge in [-0.3, -0.25) is 14.2 Å². The zero-order valence-electron chi connectivity index (χ0n) is 18.0. The zero-order chi connectivity index (χ0) is 25.2. The van der Waals surface area contributed by atoms with Crippen LogP contribution in [0.25, 0.3) is 11.0 Å². The molecule has 1 heterocycles. The molecule has 0 atom stereocenters. The minimum Gasteiger partial charge on any atom is -0.495 e. The molecule has 13 heteroatoms. The number of rotatable bonds is 9. The third kappa shape index (κ3) is 5.19. The van der Waals surface area contributed by atoms with Crippen molar-refractivity contribution in [3.05, 3.63) is 71.8 Å². The molecule has 0 unspecified atom stereocenters. The van der Waals surface area contributed by atoms with Crippen LogP contribution in [0, 0.1) is 0 Å². The maximum Gasteiger partial charge on any atom is 0.295 e. The van der Waals surface area contributed by atoms with E-state index in [1.807, 2.05) is 0 Å². The van der Waals surface area contributed by atoms with E-state index in [1.54, 1.807) is 24.3 Å². The van der Waals surface area contributed by atoms with Gasteiger partial charge in [0.1, 0.15) is 11.3 Å². The standard InChI is InChI=1S/C22H18ClN3O7S2/c1-32-21-9-7-16(12-19(21)24-13-27)34(28,29)25-17-8-6-15(23)11-18(17)26-35(30,31)22-10-14-4-2-3-5-20(14)33-22/h2-13,25-26H,1H3,(H,24,27). The van der Waals surface area contributed by atoms with Gasteiger partial charge in [-0.1, -0.05) is 29.8 Å². The lowest BCUT2D eigenvalue weighted by molar-refractivity contribution is -0.105. The van der Waals surface area contributed by atoms with E-state index in [4.69, 9.17) is 20.8 Å². The number of halogens is 1. The predicted octanol–water partition coefficient (Wildman–Crippen LogP) is 4.26. The van der Waals surface area contributed by atoms with Crippen molar-refractivity contribution in [1.82, 2.24) is 0 Å². The molecule has 0 bridgehead atoms. The van der Waals surface area contributed by atoms with E-state index in [-0.39, 0.29) is 37.8 Å². The van der Waals surface area contributed by atoms with Gasteiger partial charge in [-0.15, -0.1) is 0 Å². The summed E-state index contributed by atoms with van der Waals surface area (Å²) >= 11 is 6.04. The lowest BCUT2D eigenvalue weighted by Crippen LogP contribution is -2.17. The highest BCUT2D eigenvalue weighted by molar-refractivity contribution is 7.93. The maximum absolute atomic E-state index is 13.1. The molecule has 35 heavy (non-hydrogen) atoms. The Hall–Kier alpha value is -3.74. The third-order valence-corrected chi connectivity index (χ3v) is 7.65. The number of benzene rings is 3. The first kappa shape index (κ1) is 24.4. The molecule has 0 saturated carbocycles. The van der Waals surface area contributed by atoms with Gasteiger partial charge in [0.05, 0.1) is 29.1 Å². The Labute approximate surface area is 206 Å². The first-order chi connectivity index (χ1) is 16.6. The number of methoxy groups -OCH3 is 1. The van der Waals surface area contributed by atoms with Crippen molar-refractivity contribution in [2.75, 3.05) is 21.9 Å². The van der Waals surface area contributed by atoms with Crippen molar-refractivity contribution < 1.29 is 30.8 Å². The minimum absolute atomic E-state index is 0.0881. The highest BCUT2D eigenvalue weighted by atomic mass is 35.5. The van der Waals surface area contributed by atoms with Gasteiger partial charge in [-0.25, -0.2) is 8.42 Å². The summed E-state index contributed by atoms with van der Waals surface area (Å²) in [6.07, 6.45) is 0.381. The van der Waals surface area contributed by atoms with Crippen molar-refractivity contribution in [2.45, 2.75) is 9.99 Å². The summed E-state index contributed by atoms with van der Waals surface area (Å²) in [7, 11) is -7.08. The fourth-order valence-electron chi connectivity index (χ4n) is 3.21. The summed E-state index contributed by atoms with van der Waals surface area (Å²) < 4.78 is 67.2. The van der Waals surface area contributed by atoms with Gasteiger partial charge in [0.15, 0.2) is 0 Å². The Morgan fingerprint density at radius 2 is 1.60 bits per heavy atom. The fourth-order valence-corrected chi connectivity index (χ4v) is 5.53. The van der Waals surface area contributed by atoms with Gasteiger partial charge in [0.25, 0.3) is 20.0 Å². The minimum atomic E-state index is -4.23. The molecular formula is C22H18ClN3O7S2. The first-order valence-electron chi connectivity index (χ1n) is 9.85. The number of hydrogen-bond donors (Lipinski definition) is 3. The van der Waals surface area contributed by atoms with Crippen LogP contribution in [0.4, 0.5) is 17.1 Å². The van der Waals surface area contributed by atoms with Crippen LogP contribution in [0.5, 0.6) is 5.75 Å². The second-order valence-corrected chi connectivity index (χ2v) is 10.9. The van der Waals surface area contributed by atoms with Crippen LogP contribution in [-0.4, -0.2) is 30.4 Å². The predicted molar refractivity (Wildman–Crippen MR) is 132 cm³/mol. The van der Waals surface area contributed by atoms with Crippen molar-refractivity contribution in [3.63, 3.8) is 0 Å². The number of fused-ring (bicyclic) bond motifs is 1. The zero-order valence-corrected chi connectivity index (χ0v) is 20.4. The highest BCUT2D eigenvalue weighted by Gasteiger charge is 2.24. The molecule has 1 amide bonds. The van der Waals surface area contributed by atoms with Crippen molar-refractivity contribution >= 4 is 66.1 Å². The number of carbonyl (C=O) groups is 1. The van der Waals surface area contributed by atoms with E-state index in [9.17, 15) is 21.6 Å². The molecule has 0 radical (unpaired) electrons. The average Bonchev–Trinajstić information content (AvgIpc) is 3.26. The number of para-hydroxylation sites is 1. The van der Waals surface area contributed by atoms with E-state index in [2.05, 4.69) is 14.8 Å². The second-order valence-electron chi connectivity index (χ2n) is 7.13. The number of furan rings is 1. The molecule has 0 aliphatic heterocycles. The lowest BCUT2D eigenvalue weighted by Gasteiger charge is -2.15. The van der Waals surface area contributed by atoms with Gasteiger partial charge < -0.3 is 14.5 Å². The first-order valence-corrected chi connectivity index (χ1v) is 13.2. The van der Waals surface area contributed by atoms with Gasteiger partial charge in [-0.05, 0) is 42.5 Å². The summed E-state index contributed by atoms with van der Waals surface area (Å²) in [4.78, 5) is 10.7. The molecule has 3 aromatic carbocycles. The average molecular weight is 536 g/mol. The van der Waals surface area contributed by atoms with E-state index >= 15 is 0 Å². The number of hydrogen-bond acceptors (Lipinski definition) is 7. The highest BCUT2D eigenvalue weighted by Crippen LogP contribution is 2.33. The molecular weight excluding hydrogens is 518 g/mol. The maximum atomic E-state index is 13.1. The molecule has 0 saturated heterocycles.